The van der Waals surface area contributed by atoms with Crippen LogP contribution in [-0.4, -0.2) is 38.4 Å². The van der Waals surface area contributed by atoms with Gasteiger partial charge in [-0.25, -0.2) is 4.39 Å². The van der Waals surface area contributed by atoms with Crippen LogP contribution >= 0.6 is 0 Å². The van der Waals surface area contributed by atoms with E-state index in [9.17, 15) is 14.5 Å². The Morgan fingerprint density at radius 3 is 2.78 bits per heavy atom. The number of methoxy groups -OCH3 is 1. The molecule has 0 aliphatic rings. The zero-order valence-electron chi connectivity index (χ0n) is 10.0. The van der Waals surface area contributed by atoms with Gasteiger partial charge in [-0.3, -0.25) is 10.1 Å². The van der Waals surface area contributed by atoms with Gasteiger partial charge < -0.3 is 14.8 Å². The topological polar surface area (TPSA) is 73.6 Å². The van der Waals surface area contributed by atoms with Gasteiger partial charge in [0.15, 0.2) is 0 Å². The van der Waals surface area contributed by atoms with Crippen molar-refractivity contribution in [2.75, 3.05) is 38.8 Å². The van der Waals surface area contributed by atoms with Crippen LogP contribution in [-0.2, 0) is 9.47 Å². The summed E-state index contributed by atoms with van der Waals surface area (Å²) < 4.78 is 23.1. The predicted octanol–water partition coefficient (Wildman–Crippen LogP) is 1.81. The van der Waals surface area contributed by atoms with Crippen LogP contribution in [0.15, 0.2) is 18.2 Å². The molecule has 0 aliphatic carbocycles. The second-order valence-electron chi connectivity index (χ2n) is 3.49. The first-order valence-corrected chi connectivity index (χ1v) is 5.39. The van der Waals surface area contributed by atoms with Crippen molar-refractivity contribution in [3.8, 4) is 0 Å². The van der Waals surface area contributed by atoms with Crippen molar-refractivity contribution in [2.45, 2.75) is 0 Å². The molecule has 6 nitrogen and oxygen atoms in total. The molecule has 1 rings (SSSR count). The normalized spacial score (nSPS) is 10.3. The van der Waals surface area contributed by atoms with Crippen molar-refractivity contribution in [2.24, 2.45) is 0 Å². The highest BCUT2D eigenvalue weighted by atomic mass is 19.1. The molecule has 0 saturated carbocycles. The van der Waals surface area contributed by atoms with E-state index in [1.807, 2.05) is 0 Å². The number of ether oxygens (including phenoxy) is 2. The molecule has 0 fully saturated rings. The number of halogens is 1. The predicted molar refractivity (Wildman–Crippen MR) is 64.2 cm³/mol. The van der Waals surface area contributed by atoms with Gasteiger partial charge in [0.05, 0.1) is 30.8 Å². The number of nitro groups is 1. The molecule has 0 radical (unpaired) electrons. The molecule has 0 heterocycles. The summed E-state index contributed by atoms with van der Waals surface area (Å²) in [6, 6.07) is 3.35. The largest absolute Gasteiger partial charge is 0.382 e. The molecule has 0 bridgehead atoms. The molecular formula is C11H15FN2O4. The summed E-state index contributed by atoms with van der Waals surface area (Å²) in [6.45, 7) is 1.82. The van der Waals surface area contributed by atoms with Gasteiger partial charge in [-0.05, 0) is 6.07 Å². The van der Waals surface area contributed by atoms with Crippen LogP contribution < -0.4 is 5.32 Å². The molecule has 0 saturated heterocycles. The number of benzene rings is 1. The summed E-state index contributed by atoms with van der Waals surface area (Å²) in [7, 11) is 1.58. The van der Waals surface area contributed by atoms with Gasteiger partial charge in [0.25, 0.3) is 5.69 Å². The number of nitrogens with one attached hydrogen (secondary N) is 1. The third kappa shape index (κ3) is 5.07. The number of hydrogen-bond donors (Lipinski definition) is 1. The Morgan fingerprint density at radius 1 is 1.33 bits per heavy atom. The van der Waals surface area contributed by atoms with Crippen molar-refractivity contribution >= 4 is 11.4 Å². The number of rotatable bonds is 8. The highest BCUT2D eigenvalue weighted by Gasteiger charge is 2.09. The van der Waals surface area contributed by atoms with Crippen molar-refractivity contribution in [1.29, 1.82) is 0 Å². The summed E-state index contributed by atoms with van der Waals surface area (Å²) in [6.07, 6.45) is 0. The summed E-state index contributed by atoms with van der Waals surface area (Å²) >= 11 is 0. The smallest absolute Gasteiger partial charge is 0.274 e. The minimum Gasteiger partial charge on any atom is -0.382 e. The van der Waals surface area contributed by atoms with Crippen LogP contribution in [0.2, 0.25) is 0 Å². The van der Waals surface area contributed by atoms with Crippen molar-refractivity contribution < 1.29 is 18.8 Å². The van der Waals surface area contributed by atoms with E-state index in [-0.39, 0.29) is 5.69 Å². The minimum atomic E-state index is -0.646. The van der Waals surface area contributed by atoms with Gasteiger partial charge in [0.2, 0.25) is 0 Å². The van der Waals surface area contributed by atoms with Gasteiger partial charge in [-0.2, -0.15) is 0 Å². The third-order valence-electron chi connectivity index (χ3n) is 2.10. The third-order valence-corrected chi connectivity index (χ3v) is 2.10. The van der Waals surface area contributed by atoms with E-state index in [0.717, 1.165) is 6.07 Å². The molecule has 7 heteroatoms. The summed E-state index contributed by atoms with van der Waals surface area (Å²) in [5.41, 5.74) is 0.0786. The fourth-order valence-corrected chi connectivity index (χ4v) is 1.29. The average molecular weight is 258 g/mol. The molecule has 0 unspecified atom stereocenters. The lowest BCUT2D eigenvalue weighted by Gasteiger charge is -2.07. The van der Waals surface area contributed by atoms with Crippen LogP contribution in [0.1, 0.15) is 0 Å². The second-order valence-corrected chi connectivity index (χ2v) is 3.49. The zero-order valence-corrected chi connectivity index (χ0v) is 10.0. The van der Waals surface area contributed by atoms with Gasteiger partial charge in [0, 0.05) is 25.4 Å². The molecule has 1 N–H and O–H groups in total. The molecule has 0 aliphatic heterocycles. The maximum Gasteiger partial charge on any atom is 0.274 e. The Balaban J connectivity index is 2.40. The Labute approximate surface area is 104 Å². The van der Waals surface area contributed by atoms with Gasteiger partial charge in [-0.1, -0.05) is 0 Å². The number of nitro benzene ring substituents is 1. The number of non-ortho nitro benzene ring substituents is 1. The molecule has 1 aromatic carbocycles. The molecule has 0 aromatic heterocycles. The zero-order chi connectivity index (χ0) is 13.4. The van der Waals surface area contributed by atoms with E-state index < -0.39 is 10.7 Å². The maximum atomic E-state index is 13.1. The van der Waals surface area contributed by atoms with Crippen molar-refractivity contribution in [3.05, 3.63) is 34.1 Å². The maximum absolute atomic E-state index is 13.1. The Bertz CT molecular complexity index is 401. The number of anilines is 1. The first kappa shape index (κ1) is 14.3. The van der Waals surface area contributed by atoms with E-state index in [2.05, 4.69) is 5.32 Å². The highest BCUT2D eigenvalue weighted by molar-refractivity contribution is 5.51. The minimum absolute atomic E-state index is 0.280. The van der Waals surface area contributed by atoms with E-state index >= 15 is 0 Å². The standard InChI is InChI=1S/C11H15FN2O4/c1-17-4-5-18-3-2-13-10-6-9(12)7-11(8-10)14(15)16/h6-8,13H,2-5H2,1H3. The molecule has 0 amide bonds. The van der Waals surface area contributed by atoms with E-state index in [1.165, 1.54) is 12.1 Å². The van der Waals surface area contributed by atoms with Gasteiger partial charge in [0.1, 0.15) is 5.82 Å². The Hall–Kier alpha value is -1.73. The molecule has 0 spiro atoms. The second kappa shape index (κ2) is 7.57. The Kier molecular flexibility index (Phi) is 6.03. The van der Waals surface area contributed by atoms with Crippen molar-refractivity contribution in [1.82, 2.24) is 0 Å². The average Bonchev–Trinajstić information content (AvgIpc) is 2.33. The highest BCUT2D eigenvalue weighted by Crippen LogP contribution is 2.19. The fourth-order valence-electron chi connectivity index (χ4n) is 1.29. The SMILES string of the molecule is COCCOCCNc1cc(F)cc([N+](=O)[O-])c1. The lowest BCUT2D eigenvalue weighted by molar-refractivity contribution is -0.385. The summed E-state index contributed by atoms with van der Waals surface area (Å²) in [5, 5.41) is 13.4. The lowest BCUT2D eigenvalue weighted by atomic mass is 10.2. The first-order chi connectivity index (χ1) is 8.63. The lowest BCUT2D eigenvalue weighted by Crippen LogP contribution is -2.12. The summed E-state index contributed by atoms with van der Waals surface area (Å²) in [4.78, 5) is 9.89. The van der Waals surface area contributed by atoms with Gasteiger partial charge in [-0.15, -0.1) is 0 Å². The molecular weight excluding hydrogens is 243 g/mol. The van der Waals surface area contributed by atoms with Crippen LogP contribution in [0, 0.1) is 15.9 Å². The number of nitrogens with zero attached hydrogens (tertiary/aromatic N) is 1. The van der Waals surface area contributed by atoms with Crippen molar-refractivity contribution in [3.63, 3.8) is 0 Å². The van der Waals surface area contributed by atoms with E-state index in [1.54, 1.807) is 7.11 Å². The van der Waals surface area contributed by atoms with Crippen LogP contribution in [0.4, 0.5) is 15.8 Å². The molecule has 18 heavy (non-hydrogen) atoms. The van der Waals surface area contributed by atoms with E-state index in [0.29, 0.717) is 32.1 Å². The van der Waals surface area contributed by atoms with E-state index in [4.69, 9.17) is 9.47 Å². The fraction of sp³-hybridized carbons (Fsp3) is 0.455. The first-order valence-electron chi connectivity index (χ1n) is 5.39. The monoisotopic (exact) mass is 258 g/mol. The number of hydrogen-bond acceptors (Lipinski definition) is 5. The molecule has 0 atom stereocenters. The quantitative estimate of drug-likeness (QED) is 0.437. The van der Waals surface area contributed by atoms with Crippen LogP contribution in [0.5, 0.6) is 0 Å². The summed E-state index contributed by atoms with van der Waals surface area (Å²) in [5.74, 6) is -0.646. The van der Waals surface area contributed by atoms with Crippen LogP contribution in [0.3, 0.4) is 0 Å². The Morgan fingerprint density at radius 2 is 2.11 bits per heavy atom. The van der Waals surface area contributed by atoms with Crippen LogP contribution in [0.25, 0.3) is 0 Å². The molecule has 100 valence electrons. The van der Waals surface area contributed by atoms with Gasteiger partial charge >= 0.3 is 0 Å². The molecule has 1 aromatic rings.